The minimum Gasteiger partial charge on any atom is -0.493 e. The summed E-state index contributed by atoms with van der Waals surface area (Å²) in [5, 5.41) is 5.67. The Morgan fingerprint density at radius 1 is 1.53 bits per heavy atom. The number of para-hydroxylation sites is 1. The predicted molar refractivity (Wildman–Crippen MR) is 69.5 cm³/mol. The Morgan fingerprint density at radius 2 is 2.37 bits per heavy atom. The van der Waals surface area contributed by atoms with E-state index >= 15 is 0 Å². The van der Waals surface area contributed by atoms with Crippen LogP contribution in [0.1, 0.15) is 5.56 Å². The van der Waals surface area contributed by atoms with Gasteiger partial charge in [-0.25, -0.2) is 4.79 Å². The van der Waals surface area contributed by atoms with E-state index in [0.29, 0.717) is 31.2 Å². The van der Waals surface area contributed by atoms with Gasteiger partial charge in [0, 0.05) is 12.1 Å². The van der Waals surface area contributed by atoms with Gasteiger partial charge < -0.3 is 24.8 Å². The summed E-state index contributed by atoms with van der Waals surface area (Å²) in [7, 11) is 3.47. The summed E-state index contributed by atoms with van der Waals surface area (Å²) in [5.74, 6) is 1.35. The van der Waals surface area contributed by atoms with Crippen LogP contribution in [0.4, 0.5) is 4.79 Å². The first-order chi connectivity index (χ1) is 9.24. The number of ether oxygens (including phenoxy) is 3. The van der Waals surface area contributed by atoms with Gasteiger partial charge in [0.2, 0.25) is 0 Å². The molecule has 0 bridgehead atoms. The summed E-state index contributed by atoms with van der Waals surface area (Å²) in [6.07, 6.45) is -0.663. The molecule has 2 N–H and O–H groups in total. The van der Waals surface area contributed by atoms with Crippen molar-refractivity contribution in [1.29, 1.82) is 0 Å². The first kappa shape index (κ1) is 13.5. The highest BCUT2D eigenvalue weighted by molar-refractivity contribution is 5.69. The Morgan fingerprint density at radius 3 is 3.00 bits per heavy atom. The van der Waals surface area contributed by atoms with Crippen LogP contribution in [0.5, 0.6) is 11.5 Å². The van der Waals surface area contributed by atoms with Crippen LogP contribution < -0.4 is 20.1 Å². The fourth-order valence-corrected chi connectivity index (χ4v) is 1.92. The molecule has 1 saturated heterocycles. The molecule has 0 aromatic heterocycles. The highest BCUT2D eigenvalue weighted by Crippen LogP contribution is 2.31. The van der Waals surface area contributed by atoms with E-state index in [2.05, 4.69) is 10.6 Å². The van der Waals surface area contributed by atoms with Crippen molar-refractivity contribution in [3.05, 3.63) is 23.8 Å². The van der Waals surface area contributed by atoms with Crippen molar-refractivity contribution in [3.8, 4) is 11.5 Å². The lowest BCUT2D eigenvalue weighted by Gasteiger charge is -2.16. The van der Waals surface area contributed by atoms with Crippen molar-refractivity contribution < 1.29 is 19.0 Å². The molecular formula is C13H18N2O4. The third-order valence-corrected chi connectivity index (χ3v) is 2.81. The average Bonchev–Trinajstić information content (AvgIpc) is 2.83. The number of rotatable bonds is 6. The van der Waals surface area contributed by atoms with Crippen molar-refractivity contribution >= 4 is 6.09 Å². The predicted octanol–water partition coefficient (Wildman–Crippen LogP) is 0.902. The molecule has 1 fully saturated rings. The monoisotopic (exact) mass is 266 g/mol. The van der Waals surface area contributed by atoms with Gasteiger partial charge in [0.15, 0.2) is 17.6 Å². The van der Waals surface area contributed by atoms with Gasteiger partial charge in [0.25, 0.3) is 0 Å². The molecule has 6 heteroatoms. The quantitative estimate of drug-likeness (QED) is 0.800. The van der Waals surface area contributed by atoms with Gasteiger partial charge in [-0.05, 0) is 13.1 Å². The lowest BCUT2D eigenvalue weighted by atomic mass is 10.2. The molecule has 1 aliphatic rings. The van der Waals surface area contributed by atoms with Crippen LogP contribution >= 0.6 is 0 Å². The number of carbonyl (C=O) groups is 1. The number of cyclic esters (lactones) is 1. The molecule has 1 heterocycles. The topological polar surface area (TPSA) is 68.8 Å². The molecule has 2 rings (SSSR count). The van der Waals surface area contributed by atoms with Crippen LogP contribution in [0.3, 0.4) is 0 Å². The maximum absolute atomic E-state index is 10.9. The van der Waals surface area contributed by atoms with Crippen molar-refractivity contribution in [2.45, 2.75) is 12.6 Å². The average molecular weight is 266 g/mol. The Bertz CT molecular complexity index is 450. The summed E-state index contributed by atoms with van der Waals surface area (Å²) in [6.45, 7) is 1.44. The number of amides is 1. The molecule has 0 aliphatic carbocycles. The zero-order valence-corrected chi connectivity index (χ0v) is 11.1. The summed E-state index contributed by atoms with van der Waals surface area (Å²) >= 11 is 0. The van der Waals surface area contributed by atoms with Crippen LogP contribution in [-0.4, -0.2) is 39.5 Å². The first-order valence-electron chi connectivity index (χ1n) is 6.12. The molecule has 0 radical (unpaired) electrons. The van der Waals surface area contributed by atoms with Gasteiger partial charge in [0.1, 0.15) is 6.61 Å². The van der Waals surface area contributed by atoms with Crippen LogP contribution in [0.2, 0.25) is 0 Å². The number of benzene rings is 1. The fourth-order valence-electron chi connectivity index (χ4n) is 1.92. The SMILES string of the molecule is CNCc1cccc(OC)c1OCC1CNC(=O)O1. The second-order valence-electron chi connectivity index (χ2n) is 4.20. The summed E-state index contributed by atoms with van der Waals surface area (Å²) in [5.41, 5.74) is 0.999. The molecule has 1 aromatic rings. The van der Waals surface area contributed by atoms with Gasteiger partial charge in [-0.3, -0.25) is 0 Å². The minimum atomic E-state index is -0.399. The summed E-state index contributed by atoms with van der Waals surface area (Å²) in [4.78, 5) is 10.9. The minimum absolute atomic E-state index is 0.264. The second kappa shape index (κ2) is 6.29. The Balaban J connectivity index is 2.06. The zero-order chi connectivity index (χ0) is 13.7. The normalized spacial score (nSPS) is 17.8. The van der Waals surface area contributed by atoms with Crippen molar-refractivity contribution in [1.82, 2.24) is 10.6 Å². The fraction of sp³-hybridized carbons (Fsp3) is 0.462. The molecule has 19 heavy (non-hydrogen) atoms. The molecule has 1 aromatic carbocycles. The molecule has 1 atom stereocenters. The lowest BCUT2D eigenvalue weighted by molar-refractivity contribution is 0.103. The van der Waals surface area contributed by atoms with E-state index in [1.807, 2.05) is 25.2 Å². The van der Waals surface area contributed by atoms with Crippen LogP contribution in [-0.2, 0) is 11.3 Å². The second-order valence-corrected chi connectivity index (χ2v) is 4.20. The number of nitrogens with one attached hydrogen (secondary N) is 2. The molecule has 0 spiro atoms. The maximum Gasteiger partial charge on any atom is 0.407 e. The van der Waals surface area contributed by atoms with E-state index in [-0.39, 0.29) is 6.10 Å². The number of carbonyl (C=O) groups excluding carboxylic acids is 1. The van der Waals surface area contributed by atoms with Gasteiger partial charge in [-0.1, -0.05) is 12.1 Å². The summed E-state index contributed by atoms with van der Waals surface area (Å²) in [6, 6.07) is 5.72. The van der Waals surface area contributed by atoms with E-state index in [4.69, 9.17) is 14.2 Å². The Labute approximate surface area is 112 Å². The standard InChI is InChI=1S/C13H18N2O4/c1-14-6-9-4-3-5-11(17-2)12(9)18-8-10-7-15-13(16)19-10/h3-5,10,14H,6-8H2,1-2H3,(H,15,16). The molecule has 104 valence electrons. The van der Waals surface area contributed by atoms with Gasteiger partial charge in [-0.15, -0.1) is 0 Å². The van der Waals surface area contributed by atoms with Gasteiger partial charge >= 0.3 is 6.09 Å². The lowest BCUT2D eigenvalue weighted by Crippen LogP contribution is -2.22. The highest BCUT2D eigenvalue weighted by atomic mass is 16.6. The smallest absolute Gasteiger partial charge is 0.407 e. The third-order valence-electron chi connectivity index (χ3n) is 2.81. The van der Waals surface area contributed by atoms with Crippen molar-refractivity contribution in [3.63, 3.8) is 0 Å². The largest absolute Gasteiger partial charge is 0.493 e. The maximum atomic E-state index is 10.9. The highest BCUT2D eigenvalue weighted by Gasteiger charge is 2.23. The number of hydrogen-bond donors (Lipinski definition) is 2. The van der Waals surface area contributed by atoms with E-state index in [9.17, 15) is 4.79 Å². The molecule has 1 unspecified atom stereocenters. The van der Waals surface area contributed by atoms with E-state index < -0.39 is 6.09 Å². The Hall–Kier alpha value is -1.95. The van der Waals surface area contributed by atoms with Crippen molar-refractivity contribution in [2.24, 2.45) is 0 Å². The van der Waals surface area contributed by atoms with E-state index in [0.717, 1.165) is 5.56 Å². The third kappa shape index (κ3) is 3.29. The molecular weight excluding hydrogens is 248 g/mol. The van der Waals surface area contributed by atoms with E-state index in [1.54, 1.807) is 7.11 Å². The van der Waals surface area contributed by atoms with Gasteiger partial charge in [-0.2, -0.15) is 0 Å². The number of hydrogen-bond acceptors (Lipinski definition) is 5. The molecule has 1 amide bonds. The van der Waals surface area contributed by atoms with Crippen LogP contribution in [0.25, 0.3) is 0 Å². The molecule has 1 aliphatic heterocycles. The van der Waals surface area contributed by atoms with E-state index in [1.165, 1.54) is 0 Å². The van der Waals surface area contributed by atoms with Crippen LogP contribution in [0.15, 0.2) is 18.2 Å². The summed E-state index contributed by atoms with van der Waals surface area (Å²) < 4.78 is 16.1. The zero-order valence-electron chi connectivity index (χ0n) is 11.1. The van der Waals surface area contributed by atoms with Gasteiger partial charge in [0.05, 0.1) is 13.7 Å². The van der Waals surface area contributed by atoms with Crippen LogP contribution in [0, 0.1) is 0 Å². The van der Waals surface area contributed by atoms with Crippen molar-refractivity contribution in [2.75, 3.05) is 27.3 Å². The number of methoxy groups -OCH3 is 1. The first-order valence-corrected chi connectivity index (χ1v) is 6.12. The molecule has 6 nitrogen and oxygen atoms in total. The number of alkyl carbamates (subject to hydrolysis) is 1. The Kier molecular flexibility index (Phi) is 4.46. The molecule has 0 saturated carbocycles.